The van der Waals surface area contributed by atoms with Crippen molar-refractivity contribution in [3.63, 3.8) is 0 Å². The largest absolute Gasteiger partial charge is 0.298 e. The number of hydrogen-bond acceptors (Lipinski definition) is 3. The van der Waals surface area contributed by atoms with Crippen molar-refractivity contribution in [3.05, 3.63) is 42.1 Å². The molecule has 0 aromatic heterocycles. The van der Waals surface area contributed by atoms with Crippen molar-refractivity contribution in [2.75, 3.05) is 0 Å². The highest BCUT2D eigenvalue weighted by Gasteiger charge is 2.44. The van der Waals surface area contributed by atoms with Crippen molar-refractivity contribution in [1.29, 1.82) is 0 Å². The Labute approximate surface area is 133 Å². The summed E-state index contributed by atoms with van der Waals surface area (Å²) in [5, 5.41) is 0. The number of rotatable bonds is 2. The van der Waals surface area contributed by atoms with Crippen LogP contribution in [0.3, 0.4) is 0 Å². The number of carbonyl (C=O) groups excluding carboxylic acids is 1. The number of halogens is 1. The normalized spacial score (nSPS) is 28.8. The zero-order chi connectivity index (χ0) is 15.2. The number of alkyl halides is 1. The summed E-state index contributed by atoms with van der Waals surface area (Å²) in [7, 11) is -3.59. The Morgan fingerprint density at radius 3 is 2.52 bits per heavy atom. The Kier molecular flexibility index (Phi) is 3.69. The maximum Gasteiger partial charge on any atom is 0.264 e. The Balaban J connectivity index is 1.93. The minimum atomic E-state index is -3.59. The Hall–Kier alpha value is -1.14. The number of Topliss-reactive ketones (excluding diaryl/α,β-unsaturated/α-hetero) is 1. The smallest absolute Gasteiger partial charge is 0.264 e. The molecule has 0 saturated heterocycles. The third-order valence-corrected chi connectivity index (χ3v) is 6.86. The highest BCUT2D eigenvalue weighted by molar-refractivity contribution is 9.10. The number of nitrogens with zero attached hydrogens (tertiary/aromatic N) is 1. The van der Waals surface area contributed by atoms with E-state index in [-0.39, 0.29) is 27.5 Å². The van der Waals surface area contributed by atoms with E-state index in [1.54, 1.807) is 36.5 Å². The van der Waals surface area contributed by atoms with Crippen LogP contribution in [0.5, 0.6) is 0 Å². The Morgan fingerprint density at radius 1 is 1.19 bits per heavy atom. The molecule has 1 aromatic carbocycles. The molecule has 0 spiro atoms. The molecule has 0 bridgehead atoms. The summed E-state index contributed by atoms with van der Waals surface area (Å²) in [6, 6.07) is 6.51. The maximum atomic E-state index is 12.7. The average Bonchev–Trinajstić information content (AvgIpc) is 2.89. The molecule has 1 aliphatic heterocycles. The molecule has 4 nitrogen and oxygen atoms in total. The molecule has 0 radical (unpaired) electrons. The maximum absolute atomic E-state index is 12.7. The molecule has 0 unspecified atom stereocenters. The number of fused-ring (bicyclic) bond motifs is 1. The van der Waals surface area contributed by atoms with Gasteiger partial charge in [0.1, 0.15) is 0 Å². The van der Waals surface area contributed by atoms with Gasteiger partial charge in [-0.05, 0) is 31.9 Å². The van der Waals surface area contributed by atoms with Gasteiger partial charge in [-0.3, -0.25) is 9.10 Å². The van der Waals surface area contributed by atoms with Crippen LogP contribution in [-0.2, 0) is 14.8 Å². The lowest BCUT2D eigenvalue weighted by Crippen LogP contribution is -2.44. The molecule has 2 aliphatic rings. The third kappa shape index (κ3) is 2.44. The van der Waals surface area contributed by atoms with Gasteiger partial charge in [0.05, 0.1) is 21.7 Å². The predicted octanol–water partition coefficient (Wildman–Crippen LogP) is 2.62. The third-order valence-electron chi connectivity index (χ3n) is 4.13. The second-order valence-corrected chi connectivity index (χ2v) is 8.48. The molecule has 0 N–H and O–H groups in total. The van der Waals surface area contributed by atoms with E-state index >= 15 is 0 Å². The van der Waals surface area contributed by atoms with Crippen LogP contribution in [0.4, 0.5) is 0 Å². The molecule has 0 amide bonds. The van der Waals surface area contributed by atoms with Crippen LogP contribution in [0.1, 0.15) is 18.4 Å². The molecule has 3 atom stereocenters. The monoisotopic (exact) mass is 369 g/mol. The zero-order valence-electron chi connectivity index (χ0n) is 11.6. The van der Waals surface area contributed by atoms with Gasteiger partial charge >= 0.3 is 0 Å². The van der Waals surface area contributed by atoms with Gasteiger partial charge in [0.15, 0.2) is 5.78 Å². The SMILES string of the molecule is Cc1ccc(S(=O)(=O)N2C=C[C@@H]3C(=O)[C@@H](Br)CC[C@H]32)cc1. The molecule has 1 saturated carbocycles. The molecule has 112 valence electrons. The lowest BCUT2D eigenvalue weighted by atomic mass is 9.85. The van der Waals surface area contributed by atoms with Crippen LogP contribution in [0.15, 0.2) is 41.4 Å². The summed E-state index contributed by atoms with van der Waals surface area (Å²) < 4.78 is 26.8. The van der Waals surface area contributed by atoms with E-state index in [1.165, 1.54) is 4.31 Å². The molecular weight excluding hydrogens is 354 g/mol. The summed E-state index contributed by atoms with van der Waals surface area (Å²) >= 11 is 3.36. The first kappa shape index (κ1) is 14.8. The van der Waals surface area contributed by atoms with Crippen molar-refractivity contribution in [3.8, 4) is 0 Å². The van der Waals surface area contributed by atoms with Crippen LogP contribution in [-0.4, -0.2) is 29.4 Å². The first-order valence-electron chi connectivity index (χ1n) is 6.87. The van der Waals surface area contributed by atoms with Gasteiger partial charge < -0.3 is 0 Å². The minimum absolute atomic E-state index is 0.0732. The lowest BCUT2D eigenvalue weighted by molar-refractivity contribution is -0.123. The van der Waals surface area contributed by atoms with Crippen molar-refractivity contribution < 1.29 is 13.2 Å². The van der Waals surface area contributed by atoms with E-state index in [0.29, 0.717) is 12.8 Å². The van der Waals surface area contributed by atoms with E-state index in [9.17, 15) is 13.2 Å². The number of benzene rings is 1. The molecule has 6 heteroatoms. The zero-order valence-corrected chi connectivity index (χ0v) is 14.0. The number of aryl methyl sites for hydroxylation is 1. The first-order valence-corrected chi connectivity index (χ1v) is 9.23. The van der Waals surface area contributed by atoms with Crippen molar-refractivity contribution >= 4 is 31.7 Å². The lowest BCUT2D eigenvalue weighted by Gasteiger charge is -2.33. The Morgan fingerprint density at radius 2 is 1.86 bits per heavy atom. The number of sulfonamides is 1. The van der Waals surface area contributed by atoms with Gasteiger partial charge in [-0.2, -0.15) is 0 Å². The highest BCUT2D eigenvalue weighted by Crippen LogP contribution is 2.37. The molecule has 1 fully saturated rings. The molecular formula is C15H16BrNO3S. The number of ketones is 1. The second-order valence-electron chi connectivity index (χ2n) is 5.53. The summed E-state index contributed by atoms with van der Waals surface area (Å²) in [6.07, 6.45) is 4.62. The second kappa shape index (κ2) is 5.25. The van der Waals surface area contributed by atoms with E-state index in [4.69, 9.17) is 0 Å². The average molecular weight is 370 g/mol. The van der Waals surface area contributed by atoms with Crippen LogP contribution < -0.4 is 0 Å². The quantitative estimate of drug-likeness (QED) is 0.752. The van der Waals surface area contributed by atoms with Crippen molar-refractivity contribution in [2.24, 2.45) is 5.92 Å². The standard InChI is InChI=1S/C15H16BrNO3S/c1-10-2-4-11(5-3-10)21(19,20)17-9-8-12-14(17)7-6-13(16)15(12)18/h2-5,8-9,12-14H,6-7H2,1H3/t12-,13-,14+/m0/s1. The fourth-order valence-electron chi connectivity index (χ4n) is 2.92. The fraction of sp³-hybridized carbons (Fsp3) is 0.400. The van der Waals surface area contributed by atoms with E-state index in [2.05, 4.69) is 15.9 Å². The molecule has 1 aromatic rings. The van der Waals surface area contributed by atoms with Crippen LogP contribution in [0.2, 0.25) is 0 Å². The molecule has 1 heterocycles. The van der Waals surface area contributed by atoms with Crippen molar-refractivity contribution in [1.82, 2.24) is 4.31 Å². The minimum Gasteiger partial charge on any atom is -0.298 e. The molecule has 1 aliphatic carbocycles. The van der Waals surface area contributed by atoms with Gasteiger partial charge in [-0.25, -0.2) is 8.42 Å². The van der Waals surface area contributed by atoms with Crippen molar-refractivity contribution in [2.45, 2.75) is 35.5 Å². The van der Waals surface area contributed by atoms with E-state index in [0.717, 1.165) is 5.56 Å². The topological polar surface area (TPSA) is 54.5 Å². The predicted molar refractivity (Wildman–Crippen MR) is 83.6 cm³/mol. The van der Waals surface area contributed by atoms with Gasteiger partial charge in [-0.15, -0.1) is 0 Å². The molecule has 3 rings (SSSR count). The summed E-state index contributed by atoms with van der Waals surface area (Å²) in [4.78, 5) is 12.2. The number of hydrogen-bond donors (Lipinski definition) is 0. The van der Waals surface area contributed by atoms with Gasteiger partial charge in [0.25, 0.3) is 10.0 Å². The summed E-state index contributed by atoms with van der Waals surface area (Å²) in [5.74, 6) is -0.257. The van der Waals surface area contributed by atoms with Crippen LogP contribution in [0, 0.1) is 12.8 Å². The van der Waals surface area contributed by atoms with Crippen LogP contribution in [0.25, 0.3) is 0 Å². The van der Waals surface area contributed by atoms with Crippen LogP contribution >= 0.6 is 15.9 Å². The molecule has 21 heavy (non-hydrogen) atoms. The van der Waals surface area contributed by atoms with Gasteiger partial charge in [0, 0.05) is 6.20 Å². The van der Waals surface area contributed by atoms with Gasteiger partial charge in [-0.1, -0.05) is 39.7 Å². The fourth-order valence-corrected chi connectivity index (χ4v) is 5.04. The summed E-state index contributed by atoms with van der Waals surface area (Å²) in [6.45, 7) is 1.91. The first-order chi connectivity index (χ1) is 9.91. The van der Waals surface area contributed by atoms with E-state index in [1.807, 2.05) is 6.92 Å². The summed E-state index contributed by atoms with van der Waals surface area (Å²) in [5.41, 5.74) is 1.01. The number of carbonyl (C=O) groups is 1. The highest BCUT2D eigenvalue weighted by atomic mass is 79.9. The Bertz CT molecular complexity index is 696. The van der Waals surface area contributed by atoms with Gasteiger partial charge in [0.2, 0.25) is 0 Å². The van der Waals surface area contributed by atoms with E-state index < -0.39 is 10.0 Å².